The molecule has 0 radical (unpaired) electrons. The van der Waals surface area contributed by atoms with E-state index in [4.69, 9.17) is 15.9 Å². The van der Waals surface area contributed by atoms with Crippen LogP contribution in [0.15, 0.2) is 12.2 Å². The van der Waals surface area contributed by atoms with Gasteiger partial charge < -0.3 is 31.4 Å². The lowest BCUT2D eigenvalue weighted by atomic mass is 10.1. The lowest BCUT2D eigenvalue weighted by molar-refractivity contribution is -0.141. The number of rotatable bonds is 13. The topological polar surface area (TPSA) is 179 Å². The summed E-state index contributed by atoms with van der Waals surface area (Å²) in [6, 6.07) is -1.07. The van der Waals surface area contributed by atoms with Crippen LogP contribution in [-0.2, 0) is 24.0 Å². The first-order valence-electron chi connectivity index (χ1n) is 12.3. The number of aliphatic hydroxyl groups excluding tert-OH is 1. The SMILES string of the molecule is CC(C)CCC(=O)O.CNC(CSSC(C)(C)C)C(=O)NC(C)(C)CO.NCC(C=O)N1C(=O)C=CC1=O. The van der Waals surface area contributed by atoms with Gasteiger partial charge >= 0.3 is 5.97 Å². The van der Waals surface area contributed by atoms with Crippen molar-refractivity contribution in [2.75, 3.05) is 26.0 Å². The Hall–Kier alpha value is -1.93. The second-order valence-corrected chi connectivity index (χ2v) is 13.7. The number of likely N-dealkylation sites (N-methyl/N-ethyl adjacent to an activating group) is 1. The molecule has 2 atom stereocenters. The second-order valence-electron chi connectivity index (χ2n) is 10.5. The Morgan fingerprint density at radius 3 is 1.97 bits per heavy atom. The number of hydrogen-bond donors (Lipinski definition) is 5. The van der Waals surface area contributed by atoms with Crippen molar-refractivity contribution < 1.29 is 34.2 Å². The Kier molecular flexibility index (Phi) is 19.3. The highest BCUT2D eigenvalue weighted by Gasteiger charge is 2.29. The lowest BCUT2D eigenvalue weighted by Gasteiger charge is -2.27. The molecule has 0 spiro atoms. The van der Waals surface area contributed by atoms with Gasteiger partial charge in [-0.2, -0.15) is 0 Å². The van der Waals surface area contributed by atoms with Crippen molar-refractivity contribution in [2.45, 2.75) is 83.7 Å². The molecule has 1 aliphatic heterocycles. The van der Waals surface area contributed by atoms with Crippen LogP contribution in [0.3, 0.4) is 0 Å². The quantitative estimate of drug-likeness (QED) is 0.122. The van der Waals surface area contributed by atoms with Crippen LogP contribution in [0.25, 0.3) is 0 Å². The third-order valence-electron chi connectivity index (χ3n) is 4.57. The summed E-state index contributed by atoms with van der Waals surface area (Å²) in [5, 5.41) is 23.1. The van der Waals surface area contributed by atoms with Crippen LogP contribution >= 0.6 is 21.6 Å². The highest BCUT2D eigenvalue weighted by atomic mass is 33.1. The van der Waals surface area contributed by atoms with Gasteiger partial charge in [0.1, 0.15) is 12.3 Å². The van der Waals surface area contributed by atoms with Gasteiger partial charge in [0.2, 0.25) is 5.91 Å². The highest BCUT2D eigenvalue weighted by molar-refractivity contribution is 8.77. The highest BCUT2D eigenvalue weighted by Crippen LogP contribution is 2.35. The van der Waals surface area contributed by atoms with Crippen LogP contribution in [0.1, 0.15) is 61.3 Å². The zero-order valence-electron chi connectivity index (χ0n) is 23.8. The predicted octanol–water partition coefficient (Wildman–Crippen LogP) is 1.59. The maximum atomic E-state index is 12.0. The van der Waals surface area contributed by atoms with Crippen molar-refractivity contribution in [2.24, 2.45) is 11.7 Å². The number of aliphatic hydroxyl groups is 1. The fourth-order valence-corrected chi connectivity index (χ4v) is 4.95. The van der Waals surface area contributed by atoms with Gasteiger partial charge in [0.25, 0.3) is 11.8 Å². The van der Waals surface area contributed by atoms with E-state index in [-0.39, 0.29) is 29.8 Å². The molecular formula is C25H46N4O7S2. The van der Waals surface area contributed by atoms with E-state index in [9.17, 15) is 24.0 Å². The van der Waals surface area contributed by atoms with E-state index in [2.05, 4.69) is 31.4 Å². The predicted molar refractivity (Wildman–Crippen MR) is 154 cm³/mol. The zero-order valence-corrected chi connectivity index (χ0v) is 25.4. The second kappa shape index (κ2) is 19.2. The molecule has 38 heavy (non-hydrogen) atoms. The summed E-state index contributed by atoms with van der Waals surface area (Å²) >= 11 is 0. The Labute approximate surface area is 234 Å². The minimum Gasteiger partial charge on any atom is -0.481 e. The van der Waals surface area contributed by atoms with Crippen LogP contribution in [0.5, 0.6) is 0 Å². The van der Waals surface area contributed by atoms with Crippen molar-refractivity contribution in [1.29, 1.82) is 0 Å². The Bertz CT molecular complexity index is 781. The smallest absolute Gasteiger partial charge is 0.303 e. The number of nitrogens with one attached hydrogen (secondary N) is 2. The first-order valence-corrected chi connectivity index (χ1v) is 14.6. The standard InChI is InChI=1S/C12H26N2O2S2.C7H8N2O3.C6H12O2/c1-11(2,3)18-17-7-9(13-6)10(16)14-12(4,5)8-15;8-3-5(4-10)9-6(11)1-2-7(9)12;1-5(2)3-4-6(7)8/h9,13,15H,7-8H2,1-6H3,(H,14,16);1-2,4-5H,3,8H2;5H,3-4H2,1-2H3,(H,7,8). The molecule has 0 saturated carbocycles. The number of amides is 3. The van der Waals surface area contributed by atoms with Crippen molar-refractivity contribution in [1.82, 2.24) is 15.5 Å². The number of hydrogen-bond acceptors (Lipinski definition) is 10. The number of carbonyl (C=O) groups excluding carboxylic acids is 4. The third-order valence-corrected chi connectivity index (χ3v) is 7.92. The number of aldehydes is 1. The molecule has 1 aliphatic rings. The van der Waals surface area contributed by atoms with Crippen LogP contribution in [0.4, 0.5) is 0 Å². The molecule has 3 amide bonds. The van der Waals surface area contributed by atoms with Crippen molar-refractivity contribution in [3.8, 4) is 0 Å². The van der Waals surface area contributed by atoms with E-state index in [1.54, 1.807) is 42.5 Å². The fraction of sp³-hybridized carbons (Fsp3) is 0.720. The number of carboxylic acids is 1. The summed E-state index contributed by atoms with van der Waals surface area (Å²) in [7, 11) is 5.23. The monoisotopic (exact) mass is 578 g/mol. The van der Waals surface area contributed by atoms with E-state index < -0.39 is 29.4 Å². The van der Waals surface area contributed by atoms with E-state index in [0.29, 0.717) is 24.4 Å². The van der Waals surface area contributed by atoms with E-state index in [1.165, 1.54) is 0 Å². The van der Waals surface area contributed by atoms with Gasteiger partial charge in [0.05, 0.1) is 18.2 Å². The Morgan fingerprint density at radius 2 is 1.66 bits per heavy atom. The molecule has 13 heteroatoms. The largest absolute Gasteiger partial charge is 0.481 e. The molecule has 220 valence electrons. The normalized spacial score (nSPS) is 14.8. The first kappa shape index (κ1) is 38.2. The van der Waals surface area contributed by atoms with Gasteiger partial charge in [0, 0.05) is 35.6 Å². The number of imide groups is 1. The first-order chi connectivity index (χ1) is 17.4. The molecule has 1 rings (SSSR count). The summed E-state index contributed by atoms with van der Waals surface area (Å²) in [6.45, 7) is 14.0. The molecule has 11 nitrogen and oxygen atoms in total. The van der Waals surface area contributed by atoms with Gasteiger partial charge in [-0.1, -0.05) is 56.2 Å². The summed E-state index contributed by atoms with van der Waals surface area (Å²) < 4.78 is 0.184. The molecule has 6 N–H and O–H groups in total. The maximum absolute atomic E-state index is 12.0. The van der Waals surface area contributed by atoms with E-state index in [1.807, 2.05) is 13.8 Å². The zero-order chi connectivity index (χ0) is 30.1. The molecule has 0 aromatic carbocycles. The van der Waals surface area contributed by atoms with Gasteiger partial charge in [-0.3, -0.25) is 24.1 Å². The average Bonchev–Trinajstić information content (AvgIpc) is 3.14. The van der Waals surface area contributed by atoms with Gasteiger partial charge in [-0.05, 0) is 33.2 Å². The third kappa shape index (κ3) is 18.3. The van der Waals surface area contributed by atoms with Crippen LogP contribution < -0.4 is 16.4 Å². The number of aliphatic carboxylic acids is 1. The van der Waals surface area contributed by atoms with E-state index >= 15 is 0 Å². The van der Waals surface area contributed by atoms with Gasteiger partial charge in [-0.25, -0.2) is 0 Å². The average molecular weight is 579 g/mol. The molecule has 0 fully saturated rings. The molecule has 0 aliphatic carbocycles. The number of nitrogens with two attached hydrogens (primary N) is 1. The Morgan fingerprint density at radius 1 is 1.13 bits per heavy atom. The minimum absolute atomic E-state index is 0.0390. The fourth-order valence-electron chi connectivity index (χ4n) is 2.40. The molecule has 2 unspecified atom stereocenters. The number of nitrogens with zero attached hydrogens (tertiary/aromatic N) is 1. The van der Waals surface area contributed by atoms with E-state index in [0.717, 1.165) is 23.5 Å². The Balaban J connectivity index is 0. The van der Waals surface area contributed by atoms with Gasteiger partial charge in [-0.15, -0.1) is 0 Å². The van der Waals surface area contributed by atoms with Crippen molar-refractivity contribution in [3.63, 3.8) is 0 Å². The van der Waals surface area contributed by atoms with Crippen molar-refractivity contribution in [3.05, 3.63) is 12.2 Å². The summed E-state index contributed by atoms with van der Waals surface area (Å²) in [5.41, 5.74) is 4.61. The molecule has 1 heterocycles. The van der Waals surface area contributed by atoms with Crippen LogP contribution in [0, 0.1) is 5.92 Å². The van der Waals surface area contributed by atoms with Crippen LogP contribution in [-0.4, -0.2) is 93.4 Å². The summed E-state index contributed by atoms with van der Waals surface area (Å²) in [6.07, 6.45) is 3.82. The molecule has 0 aromatic rings. The van der Waals surface area contributed by atoms with Gasteiger partial charge in [0.15, 0.2) is 0 Å². The van der Waals surface area contributed by atoms with Crippen LogP contribution in [0.2, 0.25) is 0 Å². The number of carboxylic acid groups (broad SMARTS) is 1. The molecule has 0 aromatic heterocycles. The molecule has 0 saturated heterocycles. The molecular weight excluding hydrogens is 532 g/mol. The minimum atomic E-state index is -0.833. The molecule has 0 bridgehead atoms. The maximum Gasteiger partial charge on any atom is 0.303 e. The summed E-state index contributed by atoms with van der Waals surface area (Å²) in [4.78, 5) is 55.0. The lowest BCUT2D eigenvalue weighted by Crippen LogP contribution is -2.53. The van der Waals surface area contributed by atoms with Crippen molar-refractivity contribution >= 4 is 51.6 Å². The number of carbonyl (C=O) groups is 5. The summed E-state index contributed by atoms with van der Waals surface area (Å²) in [5.74, 6) is -0.528.